The first-order valence-electron chi connectivity index (χ1n) is 9.41. The number of hydrogen-bond donors (Lipinski definition) is 1. The number of fused-ring (bicyclic) bond motifs is 2. The number of benzene rings is 2. The van der Waals surface area contributed by atoms with Crippen molar-refractivity contribution in [1.29, 1.82) is 0 Å². The summed E-state index contributed by atoms with van der Waals surface area (Å²) in [5, 5.41) is 5.50. The first kappa shape index (κ1) is 19.9. The van der Waals surface area contributed by atoms with E-state index in [-0.39, 0.29) is 12.5 Å². The van der Waals surface area contributed by atoms with Gasteiger partial charge in [-0.05, 0) is 64.0 Å². The van der Waals surface area contributed by atoms with Gasteiger partial charge in [0.2, 0.25) is 0 Å². The van der Waals surface area contributed by atoms with Crippen LogP contribution in [0.2, 0.25) is 0 Å². The number of rotatable bonds is 5. The number of anilines is 1. The predicted molar refractivity (Wildman–Crippen MR) is 118 cm³/mol. The Hall–Kier alpha value is -2.38. The van der Waals surface area contributed by atoms with E-state index < -0.39 is 5.97 Å². The maximum absolute atomic E-state index is 12.5. The molecular weight excluding hydrogens is 454 g/mol. The van der Waals surface area contributed by atoms with Gasteiger partial charge in [-0.1, -0.05) is 30.3 Å². The Morgan fingerprint density at radius 2 is 1.93 bits per heavy atom. The number of esters is 1. The molecular formula is C22H20BrNO4S. The number of nitrogens with one attached hydrogen (secondary N) is 1. The number of carbonyl (C=O) groups excluding carboxylic acids is 2. The molecule has 150 valence electrons. The van der Waals surface area contributed by atoms with Gasteiger partial charge in [0.1, 0.15) is 10.8 Å². The minimum absolute atomic E-state index is 0.153. The van der Waals surface area contributed by atoms with Gasteiger partial charge in [0.15, 0.2) is 6.61 Å². The fraction of sp³-hybridized carbons (Fsp3) is 0.273. The van der Waals surface area contributed by atoms with Crippen LogP contribution in [0.15, 0.2) is 40.9 Å². The maximum atomic E-state index is 12.5. The van der Waals surface area contributed by atoms with Gasteiger partial charge in [-0.15, -0.1) is 11.3 Å². The highest BCUT2D eigenvalue weighted by Crippen LogP contribution is 2.38. The molecule has 1 aliphatic carbocycles. The van der Waals surface area contributed by atoms with Crippen LogP contribution in [0.3, 0.4) is 0 Å². The third kappa shape index (κ3) is 4.02. The lowest BCUT2D eigenvalue weighted by molar-refractivity contribution is -0.118. The maximum Gasteiger partial charge on any atom is 0.341 e. The van der Waals surface area contributed by atoms with E-state index in [9.17, 15) is 9.59 Å². The molecule has 3 aromatic rings. The molecule has 1 aliphatic rings. The molecule has 1 N–H and O–H groups in total. The van der Waals surface area contributed by atoms with Crippen LogP contribution < -0.4 is 10.1 Å². The molecule has 0 radical (unpaired) electrons. The molecule has 0 bridgehead atoms. The van der Waals surface area contributed by atoms with Crippen molar-refractivity contribution >= 4 is 54.9 Å². The zero-order valence-corrected chi connectivity index (χ0v) is 18.3. The quantitative estimate of drug-likeness (QED) is 0.507. The van der Waals surface area contributed by atoms with E-state index in [1.54, 1.807) is 0 Å². The molecule has 0 unspecified atom stereocenters. The van der Waals surface area contributed by atoms with Crippen molar-refractivity contribution in [2.24, 2.45) is 0 Å². The van der Waals surface area contributed by atoms with Gasteiger partial charge in [-0.25, -0.2) is 4.79 Å². The predicted octanol–water partition coefficient (Wildman–Crippen LogP) is 5.35. The van der Waals surface area contributed by atoms with Crippen LogP contribution in [-0.4, -0.2) is 25.6 Å². The van der Waals surface area contributed by atoms with E-state index >= 15 is 0 Å². The molecule has 0 saturated heterocycles. The zero-order chi connectivity index (χ0) is 20.4. The van der Waals surface area contributed by atoms with E-state index in [1.807, 2.05) is 36.4 Å². The van der Waals surface area contributed by atoms with Crippen molar-refractivity contribution in [3.05, 3.63) is 56.9 Å². The Kier molecular flexibility index (Phi) is 5.87. The lowest BCUT2D eigenvalue weighted by Gasteiger charge is -2.12. The Labute approximate surface area is 181 Å². The topological polar surface area (TPSA) is 64.6 Å². The minimum atomic E-state index is -0.405. The number of aryl methyl sites for hydroxylation is 1. The van der Waals surface area contributed by atoms with E-state index in [1.165, 1.54) is 18.4 Å². The van der Waals surface area contributed by atoms with Crippen LogP contribution in [-0.2, 0) is 22.4 Å². The summed E-state index contributed by atoms with van der Waals surface area (Å²) in [6, 6.07) is 11.7. The number of hydrogen-bond acceptors (Lipinski definition) is 5. The average Bonchev–Trinajstić information content (AvgIpc) is 3.10. The smallest absolute Gasteiger partial charge is 0.341 e. The summed E-state index contributed by atoms with van der Waals surface area (Å²) < 4.78 is 11.5. The van der Waals surface area contributed by atoms with Gasteiger partial charge in [0, 0.05) is 4.88 Å². The van der Waals surface area contributed by atoms with Crippen molar-refractivity contribution in [2.75, 3.05) is 19.0 Å². The third-order valence-electron chi connectivity index (χ3n) is 5.00. The second kappa shape index (κ2) is 8.55. The molecule has 0 aliphatic heterocycles. The van der Waals surface area contributed by atoms with Crippen molar-refractivity contribution in [1.82, 2.24) is 0 Å². The average molecular weight is 474 g/mol. The van der Waals surface area contributed by atoms with Gasteiger partial charge in [-0.2, -0.15) is 0 Å². The van der Waals surface area contributed by atoms with Crippen molar-refractivity contribution in [2.45, 2.75) is 25.7 Å². The highest BCUT2D eigenvalue weighted by molar-refractivity contribution is 9.10. The molecule has 1 aromatic heterocycles. The van der Waals surface area contributed by atoms with Gasteiger partial charge >= 0.3 is 5.97 Å². The fourth-order valence-corrected chi connectivity index (χ4v) is 5.50. The molecule has 1 amide bonds. The van der Waals surface area contributed by atoms with E-state index in [0.29, 0.717) is 16.3 Å². The van der Waals surface area contributed by atoms with Gasteiger partial charge in [0.25, 0.3) is 5.91 Å². The Morgan fingerprint density at radius 3 is 2.76 bits per heavy atom. The Balaban J connectivity index is 1.50. The molecule has 5 nitrogen and oxygen atoms in total. The van der Waals surface area contributed by atoms with E-state index in [4.69, 9.17) is 9.47 Å². The molecule has 7 heteroatoms. The second-order valence-electron chi connectivity index (χ2n) is 6.84. The summed E-state index contributed by atoms with van der Waals surface area (Å²) in [4.78, 5) is 26.0. The zero-order valence-electron chi connectivity index (χ0n) is 15.9. The monoisotopic (exact) mass is 473 g/mol. The molecule has 29 heavy (non-hydrogen) atoms. The van der Waals surface area contributed by atoms with Gasteiger partial charge in [-0.3, -0.25) is 4.79 Å². The van der Waals surface area contributed by atoms with Crippen LogP contribution >= 0.6 is 27.3 Å². The molecule has 0 spiro atoms. The lowest BCUT2D eigenvalue weighted by atomic mass is 9.95. The van der Waals surface area contributed by atoms with E-state index in [2.05, 4.69) is 21.2 Å². The normalized spacial score (nSPS) is 13.0. The number of carbonyl (C=O) groups is 2. The minimum Gasteiger partial charge on any atom is -0.483 e. The summed E-state index contributed by atoms with van der Waals surface area (Å²) in [7, 11) is 1.36. The summed E-state index contributed by atoms with van der Waals surface area (Å²) in [6.07, 6.45) is 3.91. The SMILES string of the molecule is COC(=O)c1c(NC(=O)COc2ccc3ccccc3c2Br)sc2c1CCCC2. The molecule has 0 saturated carbocycles. The van der Waals surface area contributed by atoms with Crippen LogP contribution in [0.1, 0.15) is 33.6 Å². The van der Waals surface area contributed by atoms with Gasteiger partial charge in [0.05, 0.1) is 17.1 Å². The fourth-order valence-electron chi connectivity index (χ4n) is 3.60. The van der Waals surface area contributed by atoms with Crippen molar-refractivity contribution in [3.63, 3.8) is 0 Å². The number of methoxy groups -OCH3 is 1. The van der Waals surface area contributed by atoms with Crippen molar-refractivity contribution < 1.29 is 19.1 Å². The molecule has 4 rings (SSSR count). The molecule has 2 aromatic carbocycles. The Morgan fingerprint density at radius 1 is 1.14 bits per heavy atom. The van der Waals surface area contributed by atoms with Crippen LogP contribution in [0.5, 0.6) is 5.75 Å². The van der Waals surface area contributed by atoms with Gasteiger partial charge < -0.3 is 14.8 Å². The lowest BCUT2D eigenvalue weighted by Crippen LogP contribution is -2.21. The summed E-state index contributed by atoms with van der Waals surface area (Å²) in [5.74, 6) is -0.121. The number of amides is 1. The van der Waals surface area contributed by atoms with E-state index in [0.717, 1.165) is 51.4 Å². The summed E-state index contributed by atoms with van der Waals surface area (Å²) >= 11 is 5.02. The van der Waals surface area contributed by atoms with Crippen LogP contribution in [0.4, 0.5) is 5.00 Å². The second-order valence-corrected chi connectivity index (χ2v) is 8.74. The molecule has 0 atom stereocenters. The first-order chi connectivity index (χ1) is 14.1. The standard InChI is InChI=1S/C22H20BrNO4S/c1-27-22(26)19-15-8-4-5-9-17(15)29-21(19)24-18(25)12-28-16-11-10-13-6-2-3-7-14(13)20(16)23/h2-3,6-7,10-11H,4-5,8-9,12H2,1H3,(H,24,25). The number of halogens is 1. The van der Waals surface area contributed by atoms with Crippen LogP contribution in [0.25, 0.3) is 10.8 Å². The highest BCUT2D eigenvalue weighted by atomic mass is 79.9. The van der Waals surface area contributed by atoms with Crippen LogP contribution in [0, 0.1) is 0 Å². The summed E-state index contributed by atoms with van der Waals surface area (Å²) in [6.45, 7) is -0.153. The van der Waals surface area contributed by atoms with Crippen molar-refractivity contribution in [3.8, 4) is 5.75 Å². The third-order valence-corrected chi connectivity index (χ3v) is 7.03. The molecule has 0 fully saturated rings. The largest absolute Gasteiger partial charge is 0.483 e. The highest BCUT2D eigenvalue weighted by Gasteiger charge is 2.27. The number of ether oxygens (including phenoxy) is 2. The summed E-state index contributed by atoms with van der Waals surface area (Å²) in [5.41, 5.74) is 1.51. The molecule has 1 heterocycles. The first-order valence-corrected chi connectivity index (χ1v) is 11.0. The number of thiophene rings is 1. The Bertz CT molecular complexity index is 1090.